The van der Waals surface area contributed by atoms with Crippen molar-refractivity contribution in [2.45, 2.75) is 37.0 Å². The van der Waals surface area contributed by atoms with E-state index in [1.54, 1.807) is 0 Å². The van der Waals surface area contributed by atoms with Gasteiger partial charge in [0, 0.05) is 40.3 Å². The van der Waals surface area contributed by atoms with Gasteiger partial charge >= 0.3 is 0 Å². The Labute approximate surface area is 297 Å². The van der Waals surface area contributed by atoms with Crippen molar-refractivity contribution in [3.05, 3.63) is 197 Å². The molecule has 0 amide bonds. The number of ether oxygens (including phenoxy) is 1. The summed E-state index contributed by atoms with van der Waals surface area (Å²) in [6, 6.07) is 42.5. The number of pyridine rings is 1. The number of benzene rings is 4. The summed E-state index contributed by atoms with van der Waals surface area (Å²) in [6.07, 6.45) is 13.1. The molecule has 0 fully saturated rings. The number of para-hydroxylation sites is 1. The number of aromatic nitrogens is 4. The Kier molecular flexibility index (Phi) is 6.65. The predicted molar refractivity (Wildman–Crippen MR) is 202 cm³/mol. The van der Waals surface area contributed by atoms with Gasteiger partial charge in [0.2, 0.25) is 0 Å². The van der Waals surface area contributed by atoms with E-state index in [0.29, 0.717) is 17.5 Å². The molecule has 0 radical (unpaired) electrons. The molecule has 3 aliphatic carbocycles. The Bertz CT molecular complexity index is 2450. The first-order valence-electron chi connectivity index (χ1n) is 17.7. The van der Waals surface area contributed by atoms with E-state index in [-0.39, 0.29) is 5.41 Å². The van der Waals surface area contributed by atoms with Crippen LogP contribution < -0.4 is 4.74 Å². The van der Waals surface area contributed by atoms with E-state index in [0.717, 1.165) is 64.3 Å². The minimum atomic E-state index is -0.522. The van der Waals surface area contributed by atoms with Crippen LogP contribution in [0.3, 0.4) is 0 Å². The van der Waals surface area contributed by atoms with Gasteiger partial charge in [0.15, 0.2) is 17.5 Å². The quantitative estimate of drug-likeness (QED) is 0.189. The van der Waals surface area contributed by atoms with Crippen LogP contribution in [0.2, 0.25) is 0 Å². The number of nitrogens with zero attached hydrogens (tertiary/aromatic N) is 4. The fourth-order valence-electron chi connectivity index (χ4n) is 8.42. The third-order valence-corrected chi connectivity index (χ3v) is 11.0. The molecular formula is C46H34N4O. The Balaban J connectivity index is 1.14. The zero-order chi connectivity index (χ0) is 34.0. The molecule has 1 spiro atoms. The van der Waals surface area contributed by atoms with Gasteiger partial charge in [-0.25, -0.2) is 15.0 Å². The first-order valence-corrected chi connectivity index (χ1v) is 17.7. The Morgan fingerprint density at radius 2 is 1.29 bits per heavy atom. The molecule has 1 unspecified atom stereocenters. The van der Waals surface area contributed by atoms with Crippen LogP contribution in [-0.2, 0) is 10.8 Å². The molecule has 0 bridgehead atoms. The summed E-state index contributed by atoms with van der Waals surface area (Å²) in [5, 5.41) is 0. The summed E-state index contributed by atoms with van der Waals surface area (Å²) in [5.74, 6) is 3.97. The SMILES string of the molecule is CC1(c2ccccn2)C=CC(c2nc(C3=CC4=C(CC3)Oc3ccccc3C43c4ccccc4-c4ccccc43)nc(-c3ccccc3)n2)=CC1. The van der Waals surface area contributed by atoms with Crippen molar-refractivity contribution >= 4 is 11.1 Å². The lowest BCUT2D eigenvalue weighted by molar-refractivity contribution is 0.365. The maximum absolute atomic E-state index is 6.76. The second kappa shape index (κ2) is 11.4. The number of fused-ring (bicyclic) bond motifs is 8. The first kappa shape index (κ1) is 29.7. The maximum Gasteiger partial charge on any atom is 0.164 e. The highest BCUT2D eigenvalue weighted by Crippen LogP contribution is 2.62. The van der Waals surface area contributed by atoms with Crippen LogP contribution in [0.25, 0.3) is 33.7 Å². The van der Waals surface area contributed by atoms with Crippen molar-refractivity contribution in [2.75, 3.05) is 0 Å². The summed E-state index contributed by atoms with van der Waals surface area (Å²) >= 11 is 0. The molecular weight excluding hydrogens is 625 g/mol. The fourth-order valence-corrected chi connectivity index (χ4v) is 8.42. The van der Waals surface area contributed by atoms with Gasteiger partial charge in [-0.1, -0.05) is 128 Å². The maximum atomic E-state index is 6.76. The smallest absolute Gasteiger partial charge is 0.164 e. The van der Waals surface area contributed by atoms with Gasteiger partial charge in [0.1, 0.15) is 11.5 Å². The summed E-state index contributed by atoms with van der Waals surface area (Å²) in [6.45, 7) is 2.23. The lowest BCUT2D eigenvalue weighted by Crippen LogP contribution is -2.35. The number of hydrogen-bond acceptors (Lipinski definition) is 5. The van der Waals surface area contributed by atoms with Gasteiger partial charge in [0.05, 0.1) is 11.1 Å². The van der Waals surface area contributed by atoms with E-state index < -0.39 is 5.41 Å². The van der Waals surface area contributed by atoms with Gasteiger partial charge in [0.25, 0.3) is 0 Å². The predicted octanol–water partition coefficient (Wildman–Crippen LogP) is 10.1. The monoisotopic (exact) mass is 658 g/mol. The highest BCUT2D eigenvalue weighted by Gasteiger charge is 2.52. The van der Waals surface area contributed by atoms with Gasteiger partial charge in [-0.15, -0.1) is 0 Å². The summed E-state index contributed by atoms with van der Waals surface area (Å²) in [4.78, 5) is 20.1. The largest absolute Gasteiger partial charge is 0.461 e. The van der Waals surface area contributed by atoms with E-state index in [4.69, 9.17) is 19.7 Å². The minimum Gasteiger partial charge on any atom is -0.461 e. The molecule has 2 aromatic heterocycles. The molecule has 0 N–H and O–H groups in total. The molecule has 51 heavy (non-hydrogen) atoms. The average Bonchev–Trinajstić information content (AvgIpc) is 3.49. The second-order valence-electron chi connectivity index (χ2n) is 13.9. The molecule has 5 nitrogen and oxygen atoms in total. The standard InChI is InChI=1S/C46H34N4O/c1-45(41-21-11-12-28-47-41)26-24-31(25-27-45)43-48-42(30-13-3-2-4-14-30)49-44(50-43)32-22-23-40-38(29-32)46(37-19-9-10-20-39(37)51-40)35-17-7-5-15-33(35)34-16-6-8-18-36(34)46/h2-21,24-26,28-29H,22-23,27H2,1H3. The zero-order valence-corrected chi connectivity index (χ0v) is 28.3. The topological polar surface area (TPSA) is 60.8 Å². The van der Waals surface area contributed by atoms with Gasteiger partial charge in [-0.2, -0.15) is 0 Å². The van der Waals surface area contributed by atoms with Crippen LogP contribution in [0.1, 0.15) is 60.2 Å². The number of hydrogen-bond donors (Lipinski definition) is 0. The van der Waals surface area contributed by atoms with Gasteiger partial charge in [-0.3, -0.25) is 4.98 Å². The van der Waals surface area contributed by atoms with E-state index in [9.17, 15) is 0 Å². The van der Waals surface area contributed by atoms with Gasteiger partial charge in [-0.05, 0) is 64.9 Å². The molecule has 4 aromatic carbocycles. The van der Waals surface area contributed by atoms with Crippen molar-refractivity contribution in [1.82, 2.24) is 19.9 Å². The van der Waals surface area contributed by atoms with Crippen LogP contribution in [0, 0.1) is 0 Å². The van der Waals surface area contributed by atoms with E-state index in [1.807, 2.05) is 36.5 Å². The molecule has 0 saturated carbocycles. The van der Waals surface area contributed by atoms with Crippen molar-refractivity contribution in [3.63, 3.8) is 0 Å². The van der Waals surface area contributed by atoms with Gasteiger partial charge < -0.3 is 4.74 Å². The normalized spacial score (nSPS) is 19.3. The second-order valence-corrected chi connectivity index (χ2v) is 13.9. The van der Waals surface area contributed by atoms with E-state index in [2.05, 4.69) is 127 Å². The molecule has 10 rings (SSSR count). The van der Waals surface area contributed by atoms with Crippen LogP contribution in [0.15, 0.2) is 163 Å². The third kappa shape index (κ3) is 4.54. The van der Waals surface area contributed by atoms with Crippen molar-refractivity contribution in [1.29, 1.82) is 0 Å². The number of rotatable bonds is 4. The molecule has 5 heteroatoms. The third-order valence-electron chi connectivity index (χ3n) is 11.0. The molecule has 4 aliphatic rings. The van der Waals surface area contributed by atoms with Crippen LogP contribution in [0.5, 0.6) is 5.75 Å². The molecule has 6 aromatic rings. The average molecular weight is 659 g/mol. The molecule has 1 aliphatic heterocycles. The zero-order valence-electron chi connectivity index (χ0n) is 28.3. The first-order chi connectivity index (χ1) is 25.1. The highest BCUT2D eigenvalue weighted by molar-refractivity contribution is 5.89. The van der Waals surface area contributed by atoms with Crippen molar-refractivity contribution < 1.29 is 4.74 Å². The van der Waals surface area contributed by atoms with Crippen molar-refractivity contribution in [3.8, 4) is 28.3 Å². The fraction of sp³-hybridized carbons (Fsp3) is 0.130. The van der Waals surface area contributed by atoms with Crippen LogP contribution in [-0.4, -0.2) is 19.9 Å². The Hall–Kier alpha value is -6.20. The minimum absolute atomic E-state index is 0.197. The molecule has 3 heterocycles. The summed E-state index contributed by atoms with van der Waals surface area (Å²) in [7, 11) is 0. The Morgan fingerprint density at radius 1 is 0.627 bits per heavy atom. The van der Waals surface area contributed by atoms with Crippen LogP contribution in [0.4, 0.5) is 0 Å². The van der Waals surface area contributed by atoms with Crippen molar-refractivity contribution in [2.24, 2.45) is 0 Å². The van der Waals surface area contributed by atoms with Crippen LogP contribution >= 0.6 is 0 Å². The van der Waals surface area contributed by atoms with E-state index in [1.165, 1.54) is 22.3 Å². The number of allylic oxidation sites excluding steroid dienone is 8. The summed E-state index contributed by atoms with van der Waals surface area (Å²) < 4.78 is 6.76. The molecule has 1 atom stereocenters. The summed E-state index contributed by atoms with van der Waals surface area (Å²) in [5.41, 5.74) is 10.8. The van der Waals surface area contributed by atoms with E-state index >= 15 is 0 Å². The Morgan fingerprint density at radius 3 is 2.02 bits per heavy atom. The lowest BCUT2D eigenvalue weighted by atomic mass is 9.64. The molecule has 0 saturated heterocycles. The lowest BCUT2D eigenvalue weighted by Gasteiger charge is -2.41. The highest BCUT2D eigenvalue weighted by atomic mass is 16.5. The molecule has 244 valence electrons.